The summed E-state index contributed by atoms with van der Waals surface area (Å²) >= 11 is 0. The van der Waals surface area contributed by atoms with Crippen molar-refractivity contribution < 1.29 is 30.0 Å². The lowest BCUT2D eigenvalue weighted by Crippen LogP contribution is -2.54. The Morgan fingerprint density at radius 2 is 1.17 bits per heavy atom. The average Bonchev–Trinajstić information content (AvgIpc) is 2.83. The zero-order chi connectivity index (χ0) is 26.7. The van der Waals surface area contributed by atoms with E-state index in [1.54, 1.807) is 20.8 Å². The normalized spacial score (nSPS) is 15.8. The molecule has 5 atom stereocenters. The smallest absolute Gasteiger partial charge is 0.404 e. The van der Waals surface area contributed by atoms with Gasteiger partial charge in [-0.15, -0.1) is 0 Å². The second kappa shape index (κ2) is 13.9. The van der Waals surface area contributed by atoms with E-state index in [0.717, 1.165) is 11.1 Å². The van der Waals surface area contributed by atoms with Crippen molar-refractivity contribution in [1.82, 2.24) is 16.0 Å². The Balaban J connectivity index is 2.01. The van der Waals surface area contributed by atoms with Gasteiger partial charge in [0.05, 0.1) is 24.3 Å². The standard InChI is InChI=1S/C27H39N3O6/c1-27(2,3)24(33)25(34)29-20(14-18-10-6-4-7-11-18)22(31)16-28-17-23(32)21(30-26(35)36)15-19-12-8-5-9-13-19/h4-13,20-24,28,30-33H,14-17H2,1-3H3,(H,29,34)(H,35,36)/t20?,21-,22?,23?,24?/m0/s1. The van der Waals surface area contributed by atoms with Gasteiger partial charge in [-0.3, -0.25) is 4.79 Å². The van der Waals surface area contributed by atoms with Gasteiger partial charge >= 0.3 is 6.09 Å². The SMILES string of the molecule is CC(C)(C)C(O)C(=O)NC(Cc1ccccc1)C(O)CNCC(O)[C@H](Cc1ccccc1)NC(=O)O. The van der Waals surface area contributed by atoms with Crippen LogP contribution < -0.4 is 16.0 Å². The Morgan fingerprint density at radius 1 is 0.750 bits per heavy atom. The van der Waals surface area contributed by atoms with Crippen molar-refractivity contribution in [3.8, 4) is 0 Å². The van der Waals surface area contributed by atoms with Crippen molar-refractivity contribution >= 4 is 12.0 Å². The number of amides is 2. The highest BCUT2D eigenvalue weighted by molar-refractivity contribution is 5.81. The Kier molecular flexibility index (Phi) is 11.3. The van der Waals surface area contributed by atoms with Crippen LogP contribution in [0.4, 0.5) is 4.79 Å². The van der Waals surface area contributed by atoms with Gasteiger partial charge in [0.15, 0.2) is 0 Å². The highest BCUT2D eigenvalue weighted by atomic mass is 16.4. The fourth-order valence-electron chi connectivity index (χ4n) is 3.78. The summed E-state index contributed by atoms with van der Waals surface area (Å²) in [5.41, 5.74) is 1.11. The molecule has 2 aromatic carbocycles. The van der Waals surface area contributed by atoms with E-state index < -0.39 is 47.8 Å². The van der Waals surface area contributed by atoms with Crippen molar-refractivity contribution in [3.63, 3.8) is 0 Å². The lowest BCUT2D eigenvalue weighted by molar-refractivity contribution is -0.136. The molecule has 9 heteroatoms. The van der Waals surface area contributed by atoms with Crippen LogP contribution in [0.3, 0.4) is 0 Å². The van der Waals surface area contributed by atoms with Gasteiger partial charge in [-0.1, -0.05) is 81.4 Å². The van der Waals surface area contributed by atoms with Gasteiger partial charge in [-0.25, -0.2) is 4.79 Å². The lowest BCUT2D eigenvalue weighted by Gasteiger charge is -2.30. The molecule has 0 saturated carbocycles. The second-order valence-corrected chi connectivity index (χ2v) is 10.1. The Morgan fingerprint density at radius 3 is 1.56 bits per heavy atom. The minimum Gasteiger partial charge on any atom is -0.465 e. The number of rotatable bonds is 13. The molecule has 0 bridgehead atoms. The highest BCUT2D eigenvalue weighted by Gasteiger charge is 2.32. The maximum Gasteiger partial charge on any atom is 0.404 e. The summed E-state index contributed by atoms with van der Waals surface area (Å²) in [6.07, 6.45) is -3.94. The number of nitrogens with one attached hydrogen (secondary N) is 3. The van der Waals surface area contributed by atoms with E-state index in [1.807, 2.05) is 60.7 Å². The topological polar surface area (TPSA) is 151 Å². The summed E-state index contributed by atoms with van der Waals surface area (Å²) < 4.78 is 0. The maximum atomic E-state index is 12.6. The number of carbonyl (C=O) groups excluding carboxylic acids is 1. The van der Waals surface area contributed by atoms with Crippen LogP contribution in [-0.4, -0.2) is 75.9 Å². The fraction of sp³-hybridized carbons (Fsp3) is 0.481. The van der Waals surface area contributed by atoms with Gasteiger partial charge in [0.2, 0.25) is 5.91 Å². The number of benzene rings is 2. The number of carboxylic acid groups (broad SMARTS) is 1. The first-order valence-electron chi connectivity index (χ1n) is 12.1. The molecule has 198 valence electrons. The van der Waals surface area contributed by atoms with Crippen molar-refractivity contribution in [2.75, 3.05) is 13.1 Å². The quantitative estimate of drug-likeness (QED) is 0.219. The minimum absolute atomic E-state index is 0.0193. The van der Waals surface area contributed by atoms with Crippen LogP contribution in [-0.2, 0) is 17.6 Å². The van der Waals surface area contributed by atoms with Crippen molar-refractivity contribution in [2.24, 2.45) is 5.41 Å². The largest absolute Gasteiger partial charge is 0.465 e. The average molecular weight is 502 g/mol. The van der Waals surface area contributed by atoms with Crippen LogP contribution in [0.2, 0.25) is 0 Å². The Labute approximate surface area is 212 Å². The molecule has 0 saturated heterocycles. The molecular weight excluding hydrogens is 462 g/mol. The third-order valence-corrected chi connectivity index (χ3v) is 5.94. The molecular formula is C27H39N3O6. The zero-order valence-corrected chi connectivity index (χ0v) is 21.1. The maximum absolute atomic E-state index is 12.6. The van der Waals surface area contributed by atoms with Crippen LogP contribution >= 0.6 is 0 Å². The van der Waals surface area contributed by atoms with Crippen molar-refractivity contribution in [1.29, 1.82) is 0 Å². The molecule has 9 nitrogen and oxygen atoms in total. The van der Waals surface area contributed by atoms with E-state index in [0.29, 0.717) is 12.8 Å². The molecule has 0 aliphatic carbocycles. The molecule has 36 heavy (non-hydrogen) atoms. The summed E-state index contributed by atoms with van der Waals surface area (Å²) in [6.45, 7) is 5.30. The zero-order valence-electron chi connectivity index (χ0n) is 21.1. The first-order chi connectivity index (χ1) is 17.0. The van der Waals surface area contributed by atoms with E-state index in [9.17, 15) is 30.0 Å². The van der Waals surface area contributed by atoms with Gasteiger partial charge in [0.25, 0.3) is 0 Å². The highest BCUT2D eigenvalue weighted by Crippen LogP contribution is 2.19. The van der Waals surface area contributed by atoms with E-state index in [2.05, 4.69) is 16.0 Å². The van der Waals surface area contributed by atoms with Crippen LogP contribution in [0.25, 0.3) is 0 Å². The molecule has 2 aromatic rings. The minimum atomic E-state index is -1.25. The molecule has 2 amide bonds. The molecule has 2 rings (SSSR count). The number of hydrogen-bond donors (Lipinski definition) is 7. The number of aliphatic hydroxyl groups excluding tert-OH is 3. The summed E-state index contributed by atoms with van der Waals surface area (Å²) in [5, 5.41) is 49.2. The van der Waals surface area contributed by atoms with Gasteiger partial charge < -0.3 is 36.4 Å². The van der Waals surface area contributed by atoms with Crippen molar-refractivity contribution in [2.45, 2.75) is 64.0 Å². The van der Waals surface area contributed by atoms with Crippen LogP contribution in [0.15, 0.2) is 60.7 Å². The molecule has 4 unspecified atom stereocenters. The number of carbonyl (C=O) groups is 2. The summed E-state index contributed by atoms with van der Waals surface area (Å²) in [5.74, 6) is -0.573. The molecule has 0 radical (unpaired) electrons. The summed E-state index contributed by atoms with van der Waals surface area (Å²) in [4.78, 5) is 23.9. The molecule has 0 aliphatic rings. The van der Waals surface area contributed by atoms with Crippen LogP contribution in [0, 0.1) is 5.41 Å². The monoisotopic (exact) mass is 501 g/mol. The number of aliphatic hydroxyl groups is 3. The molecule has 0 fully saturated rings. The fourth-order valence-corrected chi connectivity index (χ4v) is 3.78. The van der Waals surface area contributed by atoms with Crippen LogP contribution in [0.1, 0.15) is 31.9 Å². The van der Waals surface area contributed by atoms with Crippen molar-refractivity contribution in [3.05, 3.63) is 71.8 Å². The first-order valence-corrected chi connectivity index (χ1v) is 12.1. The van der Waals surface area contributed by atoms with E-state index in [1.165, 1.54) is 0 Å². The first kappa shape index (κ1) is 29.3. The molecule has 7 N–H and O–H groups in total. The Bertz CT molecular complexity index is 936. The van der Waals surface area contributed by atoms with Gasteiger partial charge in [0, 0.05) is 13.1 Å². The molecule has 0 aromatic heterocycles. The van der Waals surface area contributed by atoms with Gasteiger partial charge in [-0.05, 0) is 29.4 Å². The summed E-state index contributed by atoms with van der Waals surface area (Å²) in [6, 6.07) is 17.2. The second-order valence-electron chi connectivity index (χ2n) is 10.1. The summed E-state index contributed by atoms with van der Waals surface area (Å²) in [7, 11) is 0. The molecule has 0 spiro atoms. The Hall–Kier alpha value is -2.98. The van der Waals surface area contributed by atoms with Crippen LogP contribution in [0.5, 0.6) is 0 Å². The third-order valence-electron chi connectivity index (χ3n) is 5.94. The predicted octanol–water partition coefficient (Wildman–Crippen LogP) is 1.31. The predicted molar refractivity (Wildman–Crippen MR) is 138 cm³/mol. The van der Waals surface area contributed by atoms with Gasteiger partial charge in [-0.2, -0.15) is 0 Å². The van der Waals surface area contributed by atoms with E-state index in [-0.39, 0.29) is 13.1 Å². The lowest BCUT2D eigenvalue weighted by atomic mass is 9.88. The van der Waals surface area contributed by atoms with Gasteiger partial charge in [0.1, 0.15) is 6.10 Å². The third kappa shape index (κ3) is 9.94. The number of hydrogen-bond acceptors (Lipinski definition) is 6. The molecule has 0 aliphatic heterocycles. The molecule has 0 heterocycles. The van der Waals surface area contributed by atoms with E-state index in [4.69, 9.17) is 0 Å². The van der Waals surface area contributed by atoms with E-state index >= 15 is 0 Å².